The summed E-state index contributed by atoms with van der Waals surface area (Å²) in [6.45, 7) is 4.62. The lowest BCUT2D eigenvalue weighted by atomic mass is 9.70. The molecule has 0 amide bonds. The summed E-state index contributed by atoms with van der Waals surface area (Å²) in [7, 11) is 0. The van der Waals surface area contributed by atoms with Gasteiger partial charge in [0.25, 0.3) is 0 Å². The fourth-order valence-corrected chi connectivity index (χ4v) is 8.18. The van der Waals surface area contributed by atoms with Gasteiger partial charge in [-0.3, -0.25) is 0 Å². The van der Waals surface area contributed by atoms with Crippen molar-refractivity contribution < 1.29 is 0 Å². The molecule has 4 aromatic carbocycles. The van der Waals surface area contributed by atoms with Crippen LogP contribution in [0.4, 0.5) is 0 Å². The van der Waals surface area contributed by atoms with Crippen molar-refractivity contribution in [2.24, 2.45) is 0 Å². The first kappa shape index (κ1) is 33.5. The highest BCUT2D eigenvalue weighted by atomic mass is 79.9. The largest absolute Gasteiger partial charge is 0.337 e. The number of nitrogens with one attached hydrogen (secondary N) is 1. The van der Waals surface area contributed by atoms with Gasteiger partial charge in [-0.1, -0.05) is 186 Å². The molecule has 0 saturated carbocycles. The third-order valence-corrected chi connectivity index (χ3v) is 10.8. The highest BCUT2D eigenvalue weighted by molar-refractivity contribution is 9.10. The molecule has 0 atom stereocenters. The molecule has 47 heavy (non-hydrogen) atoms. The van der Waals surface area contributed by atoms with E-state index in [1.165, 1.54) is 122 Å². The molecule has 0 radical (unpaired) electrons. The Hall–Kier alpha value is -3.43. The molecule has 0 bridgehead atoms. The predicted octanol–water partition coefficient (Wildman–Crippen LogP) is 13.9. The number of imidazole rings is 1. The van der Waals surface area contributed by atoms with Gasteiger partial charge in [0.15, 0.2) is 0 Å². The van der Waals surface area contributed by atoms with E-state index in [0.29, 0.717) is 0 Å². The van der Waals surface area contributed by atoms with Gasteiger partial charge in [-0.05, 0) is 53.3 Å². The molecule has 1 aliphatic rings. The van der Waals surface area contributed by atoms with Gasteiger partial charge in [-0.2, -0.15) is 0 Å². The molecule has 0 spiro atoms. The van der Waals surface area contributed by atoms with E-state index in [9.17, 15) is 0 Å². The van der Waals surface area contributed by atoms with Crippen LogP contribution < -0.4 is 0 Å². The van der Waals surface area contributed by atoms with E-state index in [1.807, 2.05) is 0 Å². The topological polar surface area (TPSA) is 28.7 Å². The molecule has 1 aliphatic carbocycles. The summed E-state index contributed by atoms with van der Waals surface area (Å²) in [5.41, 5.74) is 11.4. The van der Waals surface area contributed by atoms with Gasteiger partial charge in [-0.15, -0.1) is 0 Å². The maximum absolute atomic E-state index is 5.31. The highest BCUT2D eigenvalue weighted by Gasteiger charge is 2.42. The van der Waals surface area contributed by atoms with Crippen LogP contribution in [0.5, 0.6) is 0 Å². The van der Waals surface area contributed by atoms with E-state index >= 15 is 0 Å². The smallest absolute Gasteiger partial charge is 0.138 e. The minimum Gasteiger partial charge on any atom is -0.337 e. The summed E-state index contributed by atoms with van der Waals surface area (Å²) >= 11 is 3.87. The number of aromatic amines is 1. The van der Waals surface area contributed by atoms with Crippen molar-refractivity contribution in [1.82, 2.24) is 9.97 Å². The van der Waals surface area contributed by atoms with E-state index < -0.39 is 0 Å². The van der Waals surface area contributed by atoms with E-state index in [1.54, 1.807) is 0 Å². The molecular weight excluding hydrogens is 636 g/mol. The molecular formula is C44H51BrN2. The molecule has 0 saturated heterocycles. The standard InChI is InChI=1S/C44H51BrN2/c1-3-5-7-9-11-19-29-44(30-20-12-10-8-6-4-2)39-31-35(25-27-37(39)38-28-26-36(45)32-40(38)44)43-46-41(33-21-15-13-16-22-33)42(47-43)34-23-17-14-18-24-34/h13-18,21-28,31-32H,3-12,19-20,29-30H2,1-2H3,(H,46,47). The molecule has 3 heteroatoms. The number of rotatable bonds is 17. The van der Waals surface area contributed by atoms with Crippen molar-refractivity contribution in [1.29, 1.82) is 0 Å². The number of H-pyrrole nitrogens is 1. The maximum atomic E-state index is 5.31. The summed E-state index contributed by atoms with van der Waals surface area (Å²) in [5, 5.41) is 0. The van der Waals surface area contributed by atoms with Crippen molar-refractivity contribution in [3.05, 3.63) is 113 Å². The van der Waals surface area contributed by atoms with Crippen molar-refractivity contribution in [3.8, 4) is 45.0 Å². The summed E-state index contributed by atoms with van der Waals surface area (Å²) in [4.78, 5) is 9.10. The second-order valence-corrected chi connectivity index (χ2v) is 14.5. The molecule has 0 unspecified atom stereocenters. The van der Waals surface area contributed by atoms with Gasteiger partial charge >= 0.3 is 0 Å². The quantitative estimate of drug-likeness (QED) is 0.0969. The number of benzene rings is 4. The Kier molecular flexibility index (Phi) is 11.5. The van der Waals surface area contributed by atoms with Gasteiger partial charge in [-0.25, -0.2) is 4.98 Å². The molecule has 2 nitrogen and oxygen atoms in total. The summed E-state index contributed by atoms with van der Waals surface area (Å²) in [5.74, 6) is 0.940. The van der Waals surface area contributed by atoms with Gasteiger partial charge < -0.3 is 4.98 Å². The normalized spacial score (nSPS) is 13.1. The van der Waals surface area contributed by atoms with Crippen molar-refractivity contribution in [3.63, 3.8) is 0 Å². The fourth-order valence-electron chi connectivity index (χ4n) is 7.82. The Bertz CT molecular complexity index is 1650. The van der Waals surface area contributed by atoms with Crippen LogP contribution in [0.2, 0.25) is 0 Å². The molecule has 0 fully saturated rings. The second-order valence-electron chi connectivity index (χ2n) is 13.6. The Morgan fingerprint density at radius 3 is 1.70 bits per heavy atom. The summed E-state index contributed by atoms with van der Waals surface area (Å²) in [6, 6.07) is 35.4. The molecule has 1 heterocycles. The number of hydrogen-bond acceptors (Lipinski definition) is 1. The SMILES string of the molecule is CCCCCCCCC1(CCCCCCCC)c2cc(Br)ccc2-c2ccc(-c3nc(-c4ccccc4)c(-c4ccccc4)[nH]3)cc21. The highest BCUT2D eigenvalue weighted by Crippen LogP contribution is 2.55. The number of aromatic nitrogens is 2. The van der Waals surface area contributed by atoms with E-state index in [0.717, 1.165) is 28.3 Å². The minimum atomic E-state index is 0.0249. The molecule has 244 valence electrons. The van der Waals surface area contributed by atoms with E-state index in [4.69, 9.17) is 4.98 Å². The lowest BCUT2D eigenvalue weighted by Crippen LogP contribution is -2.25. The fraction of sp³-hybridized carbons (Fsp3) is 0.386. The van der Waals surface area contributed by atoms with E-state index in [-0.39, 0.29) is 5.41 Å². The lowest BCUT2D eigenvalue weighted by Gasteiger charge is -2.33. The average molecular weight is 688 g/mol. The number of hydrogen-bond donors (Lipinski definition) is 1. The molecule has 0 aliphatic heterocycles. The zero-order chi connectivity index (χ0) is 32.5. The van der Waals surface area contributed by atoms with Crippen molar-refractivity contribution in [2.45, 2.75) is 109 Å². The first-order valence-electron chi connectivity index (χ1n) is 18.3. The molecule has 6 rings (SSSR count). The Labute approximate surface area is 291 Å². The van der Waals surface area contributed by atoms with Crippen LogP contribution in [0, 0.1) is 0 Å². The maximum Gasteiger partial charge on any atom is 0.138 e. The number of fused-ring (bicyclic) bond motifs is 3. The van der Waals surface area contributed by atoms with Crippen LogP contribution >= 0.6 is 15.9 Å². The van der Waals surface area contributed by atoms with Crippen LogP contribution in [-0.4, -0.2) is 9.97 Å². The van der Waals surface area contributed by atoms with Crippen LogP contribution in [-0.2, 0) is 5.41 Å². The molecule has 1 aromatic heterocycles. The lowest BCUT2D eigenvalue weighted by molar-refractivity contribution is 0.398. The van der Waals surface area contributed by atoms with Crippen LogP contribution in [0.15, 0.2) is 102 Å². The second kappa shape index (κ2) is 16.1. The van der Waals surface area contributed by atoms with E-state index in [2.05, 4.69) is 132 Å². The molecule has 1 N–H and O–H groups in total. The summed E-state index contributed by atoms with van der Waals surface area (Å²) in [6.07, 6.45) is 18.3. The minimum absolute atomic E-state index is 0.0249. The Morgan fingerprint density at radius 1 is 0.553 bits per heavy atom. The van der Waals surface area contributed by atoms with Gasteiger partial charge in [0.1, 0.15) is 5.82 Å². The van der Waals surface area contributed by atoms with Gasteiger partial charge in [0, 0.05) is 26.6 Å². The molecule has 5 aromatic rings. The van der Waals surface area contributed by atoms with Crippen LogP contribution in [0.1, 0.15) is 115 Å². The first-order chi connectivity index (χ1) is 23.1. The Balaban J connectivity index is 1.41. The average Bonchev–Trinajstić information content (AvgIpc) is 3.67. The number of nitrogens with zero attached hydrogens (tertiary/aromatic N) is 1. The van der Waals surface area contributed by atoms with Gasteiger partial charge in [0.2, 0.25) is 0 Å². The zero-order valence-electron chi connectivity index (χ0n) is 28.5. The van der Waals surface area contributed by atoms with Gasteiger partial charge in [0.05, 0.1) is 11.4 Å². The third kappa shape index (κ3) is 7.51. The monoisotopic (exact) mass is 686 g/mol. The Morgan fingerprint density at radius 2 is 1.09 bits per heavy atom. The first-order valence-corrected chi connectivity index (χ1v) is 19.1. The third-order valence-electron chi connectivity index (χ3n) is 10.3. The van der Waals surface area contributed by atoms with Crippen molar-refractivity contribution >= 4 is 15.9 Å². The van der Waals surface area contributed by atoms with Crippen LogP contribution in [0.3, 0.4) is 0 Å². The number of halogens is 1. The summed E-state index contributed by atoms with van der Waals surface area (Å²) < 4.78 is 1.19. The zero-order valence-corrected chi connectivity index (χ0v) is 30.0. The van der Waals surface area contributed by atoms with Crippen LogP contribution in [0.25, 0.3) is 45.0 Å². The predicted molar refractivity (Wildman–Crippen MR) is 205 cm³/mol. The number of unbranched alkanes of at least 4 members (excludes halogenated alkanes) is 10. The van der Waals surface area contributed by atoms with Crippen molar-refractivity contribution in [2.75, 3.05) is 0 Å².